The topological polar surface area (TPSA) is 81.3 Å². The van der Waals surface area contributed by atoms with E-state index in [-0.39, 0.29) is 11.3 Å². The Morgan fingerprint density at radius 1 is 1.40 bits per heavy atom. The zero-order valence-corrected chi connectivity index (χ0v) is 14.6. The van der Waals surface area contributed by atoms with Gasteiger partial charge in [-0.15, -0.1) is 0 Å². The Balaban J connectivity index is 1.63. The van der Waals surface area contributed by atoms with E-state index in [1.54, 1.807) is 6.07 Å². The van der Waals surface area contributed by atoms with E-state index >= 15 is 0 Å². The molecule has 1 aromatic rings. The Morgan fingerprint density at radius 3 is 2.92 bits per heavy atom. The van der Waals surface area contributed by atoms with Crippen LogP contribution in [-0.2, 0) is 11.2 Å². The van der Waals surface area contributed by atoms with Crippen LogP contribution in [-0.4, -0.2) is 16.2 Å². The number of hydrogen-bond donors (Lipinski definition) is 2. The molecule has 3 aliphatic rings. The number of rotatable bonds is 2. The number of carboxylic acid groups (broad SMARTS) is 1. The first-order valence-corrected chi connectivity index (χ1v) is 9.37. The van der Waals surface area contributed by atoms with Crippen molar-refractivity contribution in [1.82, 2.24) is 0 Å². The van der Waals surface area contributed by atoms with E-state index < -0.39 is 11.9 Å². The van der Waals surface area contributed by atoms with Crippen LogP contribution in [0, 0.1) is 40.4 Å². The Bertz CT molecular complexity index is 752. The average molecular weight is 339 g/mol. The Hall–Kier alpha value is -2.02. The van der Waals surface area contributed by atoms with Crippen LogP contribution in [0.3, 0.4) is 0 Å². The number of carboxylic acids is 1. The highest BCUT2D eigenvalue weighted by molar-refractivity contribution is 5.73. The number of hydrogen-bond acceptors (Lipinski definition) is 3. The second-order valence-corrected chi connectivity index (χ2v) is 8.64. The first-order chi connectivity index (χ1) is 11.9. The summed E-state index contributed by atoms with van der Waals surface area (Å²) in [6.07, 6.45) is 6.07. The van der Waals surface area contributed by atoms with Crippen molar-refractivity contribution in [2.45, 2.75) is 51.4 Å². The summed E-state index contributed by atoms with van der Waals surface area (Å²) < 4.78 is 0. The number of carbonyl (C=O) groups is 1. The number of nitrogens with zero attached hydrogens (tertiary/aromatic N) is 1. The van der Waals surface area contributed by atoms with Crippen LogP contribution in [0.4, 0.5) is 0 Å². The second kappa shape index (κ2) is 5.76. The lowest BCUT2D eigenvalue weighted by atomic mass is 9.56. The number of phenols is 1. The molecular formula is C21H25NO3. The van der Waals surface area contributed by atoms with Crippen LogP contribution >= 0.6 is 0 Å². The SMILES string of the molecule is C[C@]12CCC3c4ccc(O)cc4CCC3C1CC(C(C#N)C(=O)O)C2. The summed E-state index contributed by atoms with van der Waals surface area (Å²) in [6, 6.07) is 7.83. The third kappa shape index (κ3) is 2.52. The normalized spacial score (nSPS) is 37.3. The summed E-state index contributed by atoms with van der Waals surface area (Å²) in [5.74, 6) is 0.105. The van der Waals surface area contributed by atoms with Gasteiger partial charge >= 0.3 is 5.97 Å². The number of fused-ring (bicyclic) bond motifs is 5. The fraction of sp³-hybridized carbons (Fsp3) is 0.619. The second-order valence-electron chi connectivity index (χ2n) is 8.64. The standard InChI is InChI=1S/C21H25NO3/c1-21-7-6-16-15-5-3-14(23)8-12(15)2-4-17(16)19(21)9-13(10-21)18(11-22)20(24)25/h3,5,8,13,16-19,23H,2,4,6-7,9-10H2,1H3,(H,24,25)/t13?,16?,17?,18?,19?,21-/m1/s1. The molecule has 4 nitrogen and oxygen atoms in total. The fourth-order valence-electron chi connectivity index (χ4n) is 6.30. The van der Waals surface area contributed by atoms with E-state index in [1.165, 1.54) is 11.1 Å². The summed E-state index contributed by atoms with van der Waals surface area (Å²) in [5, 5.41) is 28.5. The van der Waals surface area contributed by atoms with Gasteiger partial charge in [0.1, 0.15) is 11.7 Å². The van der Waals surface area contributed by atoms with Crippen LogP contribution in [0.15, 0.2) is 18.2 Å². The first kappa shape index (κ1) is 16.4. The minimum absolute atomic E-state index is 0.0162. The Morgan fingerprint density at radius 2 is 2.20 bits per heavy atom. The van der Waals surface area contributed by atoms with Gasteiger partial charge in [-0.3, -0.25) is 4.79 Å². The molecule has 2 saturated carbocycles. The molecule has 25 heavy (non-hydrogen) atoms. The molecule has 0 bridgehead atoms. The molecule has 0 aliphatic heterocycles. The zero-order chi connectivity index (χ0) is 17.8. The largest absolute Gasteiger partial charge is 0.508 e. The molecule has 0 spiro atoms. The van der Waals surface area contributed by atoms with Crippen molar-refractivity contribution in [3.8, 4) is 11.8 Å². The van der Waals surface area contributed by atoms with Crippen LogP contribution in [0.1, 0.15) is 56.1 Å². The van der Waals surface area contributed by atoms with Crippen molar-refractivity contribution in [1.29, 1.82) is 5.26 Å². The Kier molecular flexibility index (Phi) is 3.79. The maximum atomic E-state index is 11.5. The lowest BCUT2D eigenvalue weighted by Gasteiger charge is -2.49. The molecule has 5 unspecified atom stereocenters. The molecule has 0 aromatic heterocycles. The molecule has 1 aromatic carbocycles. The van der Waals surface area contributed by atoms with Crippen molar-refractivity contribution < 1.29 is 15.0 Å². The lowest BCUT2D eigenvalue weighted by molar-refractivity contribution is -0.141. The minimum Gasteiger partial charge on any atom is -0.508 e. The minimum atomic E-state index is -0.962. The number of phenolic OH excluding ortho intramolecular Hbond substituents is 1. The van der Waals surface area contributed by atoms with E-state index in [4.69, 9.17) is 0 Å². The number of aryl methyl sites for hydroxylation is 1. The number of aromatic hydroxyl groups is 1. The molecule has 2 fully saturated rings. The monoisotopic (exact) mass is 339 g/mol. The van der Waals surface area contributed by atoms with Gasteiger partial charge in [0.25, 0.3) is 0 Å². The van der Waals surface area contributed by atoms with Crippen LogP contribution in [0.2, 0.25) is 0 Å². The van der Waals surface area contributed by atoms with Crippen LogP contribution in [0.25, 0.3) is 0 Å². The highest BCUT2D eigenvalue weighted by atomic mass is 16.4. The highest BCUT2D eigenvalue weighted by Crippen LogP contribution is 2.63. The van der Waals surface area contributed by atoms with Gasteiger partial charge in [-0.2, -0.15) is 5.26 Å². The van der Waals surface area contributed by atoms with Crippen molar-refractivity contribution in [3.05, 3.63) is 29.3 Å². The van der Waals surface area contributed by atoms with E-state index in [0.717, 1.165) is 38.5 Å². The van der Waals surface area contributed by atoms with Gasteiger partial charge in [-0.25, -0.2) is 0 Å². The van der Waals surface area contributed by atoms with Gasteiger partial charge in [0.15, 0.2) is 0 Å². The van der Waals surface area contributed by atoms with Gasteiger partial charge in [0.2, 0.25) is 0 Å². The number of benzene rings is 1. The van der Waals surface area contributed by atoms with Crippen molar-refractivity contribution in [2.75, 3.05) is 0 Å². The third-order valence-electron chi connectivity index (χ3n) is 7.39. The number of nitriles is 1. The molecule has 4 heteroatoms. The lowest BCUT2D eigenvalue weighted by Crippen LogP contribution is -2.39. The third-order valence-corrected chi connectivity index (χ3v) is 7.39. The summed E-state index contributed by atoms with van der Waals surface area (Å²) >= 11 is 0. The fourth-order valence-corrected chi connectivity index (χ4v) is 6.30. The molecule has 0 amide bonds. The maximum absolute atomic E-state index is 11.5. The van der Waals surface area contributed by atoms with Gasteiger partial charge in [0.05, 0.1) is 6.07 Å². The molecule has 0 radical (unpaired) electrons. The quantitative estimate of drug-likeness (QED) is 0.850. The molecule has 4 rings (SSSR count). The van der Waals surface area contributed by atoms with Crippen LogP contribution in [0.5, 0.6) is 5.75 Å². The molecule has 0 heterocycles. The van der Waals surface area contributed by atoms with Crippen molar-refractivity contribution in [3.63, 3.8) is 0 Å². The van der Waals surface area contributed by atoms with E-state index in [1.807, 2.05) is 12.1 Å². The molecular weight excluding hydrogens is 314 g/mol. The molecule has 2 N–H and O–H groups in total. The zero-order valence-electron chi connectivity index (χ0n) is 14.6. The van der Waals surface area contributed by atoms with E-state index in [9.17, 15) is 20.3 Å². The van der Waals surface area contributed by atoms with Gasteiger partial charge in [-0.1, -0.05) is 13.0 Å². The number of aliphatic carboxylic acids is 1. The van der Waals surface area contributed by atoms with Gasteiger partial charge < -0.3 is 10.2 Å². The summed E-state index contributed by atoms with van der Waals surface area (Å²) in [6.45, 7) is 2.32. The molecule has 132 valence electrons. The van der Waals surface area contributed by atoms with E-state index in [2.05, 4.69) is 13.0 Å². The molecule has 3 aliphatic carbocycles. The maximum Gasteiger partial charge on any atom is 0.321 e. The summed E-state index contributed by atoms with van der Waals surface area (Å²) in [4.78, 5) is 11.5. The van der Waals surface area contributed by atoms with Crippen molar-refractivity contribution in [2.24, 2.45) is 29.1 Å². The molecule has 6 atom stereocenters. The summed E-state index contributed by atoms with van der Waals surface area (Å²) in [5.41, 5.74) is 2.83. The van der Waals surface area contributed by atoms with Crippen molar-refractivity contribution >= 4 is 5.97 Å². The summed E-state index contributed by atoms with van der Waals surface area (Å²) in [7, 11) is 0. The predicted molar refractivity (Wildman–Crippen MR) is 93.0 cm³/mol. The van der Waals surface area contributed by atoms with Crippen LogP contribution < -0.4 is 0 Å². The Labute approximate surface area is 148 Å². The predicted octanol–water partition coefficient (Wildman–Crippen LogP) is 4.09. The average Bonchev–Trinajstić information content (AvgIpc) is 2.91. The van der Waals surface area contributed by atoms with Gasteiger partial charge in [-0.05, 0) is 90.9 Å². The van der Waals surface area contributed by atoms with E-state index in [0.29, 0.717) is 23.5 Å². The highest BCUT2D eigenvalue weighted by Gasteiger charge is 2.54. The smallest absolute Gasteiger partial charge is 0.321 e. The first-order valence-electron chi connectivity index (χ1n) is 9.37. The van der Waals surface area contributed by atoms with Gasteiger partial charge in [0, 0.05) is 0 Å². The molecule has 0 saturated heterocycles.